The minimum absolute atomic E-state index is 0.145. The van der Waals surface area contributed by atoms with Gasteiger partial charge in [0.15, 0.2) is 0 Å². The molecule has 0 saturated carbocycles. The summed E-state index contributed by atoms with van der Waals surface area (Å²) in [5.41, 5.74) is 0.145. The summed E-state index contributed by atoms with van der Waals surface area (Å²) in [4.78, 5) is 0. The van der Waals surface area contributed by atoms with Crippen molar-refractivity contribution in [2.45, 2.75) is 52.1 Å². The third kappa shape index (κ3) is 8.81. The molecule has 14 heavy (non-hydrogen) atoms. The first-order valence-corrected chi connectivity index (χ1v) is 6.21. The third-order valence-electron chi connectivity index (χ3n) is 1.68. The minimum Gasteiger partial charge on any atom is -0.395 e. The Morgan fingerprint density at radius 3 is 2.43 bits per heavy atom. The molecule has 0 radical (unpaired) electrons. The zero-order chi connectivity index (χ0) is 11.0. The molecule has 3 N–H and O–H groups in total. The molecule has 0 aromatic carbocycles. The maximum atomic E-state index is 9.02. The van der Waals surface area contributed by atoms with Crippen molar-refractivity contribution in [2.24, 2.45) is 0 Å². The van der Waals surface area contributed by atoms with E-state index in [1.807, 2.05) is 0 Å². The van der Waals surface area contributed by atoms with E-state index in [1.165, 1.54) is 0 Å². The van der Waals surface area contributed by atoms with Crippen LogP contribution < -0.4 is 10.0 Å². The van der Waals surface area contributed by atoms with Gasteiger partial charge in [-0.2, -0.15) is 0 Å². The molecule has 1 unspecified atom stereocenters. The molecule has 3 nitrogen and oxygen atoms in total. The lowest BCUT2D eigenvalue weighted by molar-refractivity contribution is 0.240. The molecule has 0 amide bonds. The molecule has 0 fully saturated rings. The van der Waals surface area contributed by atoms with E-state index in [9.17, 15) is 0 Å². The van der Waals surface area contributed by atoms with Crippen LogP contribution in [0.25, 0.3) is 0 Å². The van der Waals surface area contributed by atoms with Crippen LogP contribution in [-0.2, 0) is 0 Å². The lowest BCUT2D eigenvalue weighted by atomic mass is 10.1. The highest BCUT2D eigenvalue weighted by Crippen LogP contribution is 2.06. The van der Waals surface area contributed by atoms with Crippen LogP contribution in [0.4, 0.5) is 0 Å². The van der Waals surface area contributed by atoms with Crippen LogP contribution in [0, 0.1) is 0 Å². The monoisotopic (exact) mass is 220 g/mol. The van der Waals surface area contributed by atoms with Gasteiger partial charge in [-0.15, -0.1) is 0 Å². The average molecular weight is 220 g/mol. The molecule has 0 bridgehead atoms. The van der Waals surface area contributed by atoms with Crippen molar-refractivity contribution in [3.05, 3.63) is 0 Å². The van der Waals surface area contributed by atoms with E-state index in [0.29, 0.717) is 0 Å². The largest absolute Gasteiger partial charge is 0.395 e. The lowest BCUT2D eigenvalue weighted by Crippen LogP contribution is -2.36. The maximum Gasteiger partial charge on any atom is 0.0584 e. The van der Waals surface area contributed by atoms with Gasteiger partial charge in [-0.3, -0.25) is 4.72 Å². The first-order chi connectivity index (χ1) is 6.49. The van der Waals surface area contributed by atoms with Gasteiger partial charge in [-0.25, -0.2) is 0 Å². The summed E-state index contributed by atoms with van der Waals surface area (Å²) in [5, 5.41) is 12.3. The van der Waals surface area contributed by atoms with Crippen molar-refractivity contribution >= 4 is 11.9 Å². The quantitative estimate of drug-likeness (QED) is 0.347. The Morgan fingerprint density at radius 1 is 1.36 bits per heavy atom. The van der Waals surface area contributed by atoms with Crippen LogP contribution in [-0.4, -0.2) is 29.2 Å². The first kappa shape index (κ1) is 14.2. The van der Waals surface area contributed by atoms with Gasteiger partial charge in [0.25, 0.3) is 0 Å². The zero-order valence-electron chi connectivity index (χ0n) is 9.76. The number of hydrogen-bond acceptors (Lipinski definition) is 4. The van der Waals surface area contributed by atoms with Gasteiger partial charge in [0.05, 0.1) is 12.5 Å². The second-order valence-corrected chi connectivity index (χ2v) is 5.29. The van der Waals surface area contributed by atoms with Crippen LogP contribution >= 0.6 is 11.9 Å². The fourth-order valence-electron chi connectivity index (χ4n) is 1.02. The van der Waals surface area contributed by atoms with Gasteiger partial charge >= 0.3 is 0 Å². The highest BCUT2D eigenvalue weighted by atomic mass is 32.2. The molecular weight excluding hydrogens is 196 g/mol. The fraction of sp³-hybridized carbons (Fsp3) is 1.00. The molecule has 0 spiro atoms. The smallest absolute Gasteiger partial charge is 0.0584 e. The summed E-state index contributed by atoms with van der Waals surface area (Å²) < 4.78 is 3.32. The SMILES string of the molecule is CCCC(CO)NCSNC(C)(C)C. The van der Waals surface area contributed by atoms with Gasteiger partial charge in [-0.1, -0.05) is 25.3 Å². The summed E-state index contributed by atoms with van der Waals surface area (Å²) in [6, 6.07) is 0.245. The standard InChI is InChI=1S/C10H24N2OS/c1-5-6-9(7-13)11-8-14-12-10(2,3)4/h9,11-13H,5-8H2,1-4H3. The molecule has 0 aliphatic heterocycles. The number of aliphatic hydroxyl groups excluding tert-OH is 1. The van der Waals surface area contributed by atoms with E-state index in [1.54, 1.807) is 11.9 Å². The Hall–Kier alpha value is 0.230. The van der Waals surface area contributed by atoms with Crippen molar-refractivity contribution in [2.75, 3.05) is 12.5 Å². The summed E-state index contributed by atoms with van der Waals surface area (Å²) in [6.45, 7) is 8.76. The Bertz CT molecular complexity index is 137. The molecule has 4 heteroatoms. The topological polar surface area (TPSA) is 44.3 Å². The van der Waals surface area contributed by atoms with E-state index >= 15 is 0 Å². The van der Waals surface area contributed by atoms with Gasteiger partial charge in [-0.05, 0) is 27.2 Å². The van der Waals surface area contributed by atoms with Crippen molar-refractivity contribution in [3.8, 4) is 0 Å². The van der Waals surface area contributed by atoms with Crippen LogP contribution in [0.2, 0.25) is 0 Å². The summed E-state index contributed by atoms with van der Waals surface area (Å²) in [6.07, 6.45) is 2.14. The van der Waals surface area contributed by atoms with Crippen LogP contribution in [0.5, 0.6) is 0 Å². The number of rotatable bonds is 7. The van der Waals surface area contributed by atoms with Crippen LogP contribution in [0.1, 0.15) is 40.5 Å². The number of nitrogens with one attached hydrogen (secondary N) is 2. The van der Waals surface area contributed by atoms with E-state index in [2.05, 4.69) is 37.7 Å². The van der Waals surface area contributed by atoms with E-state index in [-0.39, 0.29) is 18.2 Å². The number of hydrogen-bond donors (Lipinski definition) is 3. The fourth-order valence-corrected chi connectivity index (χ4v) is 1.84. The first-order valence-electron chi connectivity index (χ1n) is 5.22. The molecular formula is C10H24N2OS. The van der Waals surface area contributed by atoms with E-state index < -0.39 is 0 Å². The molecule has 0 aromatic heterocycles. The van der Waals surface area contributed by atoms with Crippen molar-refractivity contribution in [1.82, 2.24) is 10.0 Å². The summed E-state index contributed by atoms with van der Waals surface area (Å²) >= 11 is 1.66. The zero-order valence-corrected chi connectivity index (χ0v) is 10.6. The van der Waals surface area contributed by atoms with Crippen LogP contribution in [0.15, 0.2) is 0 Å². The average Bonchev–Trinajstić information content (AvgIpc) is 2.08. The molecule has 0 heterocycles. The Labute approximate surface area is 92.2 Å². The normalized spacial score (nSPS) is 14.4. The van der Waals surface area contributed by atoms with E-state index in [4.69, 9.17) is 5.11 Å². The van der Waals surface area contributed by atoms with Crippen molar-refractivity contribution < 1.29 is 5.11 Å². The van der Waals surface area contributed by atoms with Gasteiger partial charge < -0.3 is 10.4 Å². The molecule has 0 aliphatic carbocycles. The van der Waals surface area contributed by atoms with Crippen molar-refractivity contribution in [1.29, 1.82) is 0 Å². The van der Waals surface area contributed by atoms with Crippen LogP contribution in [0.3, 0.4) is 0 Å². The molecule has 0 aromatic rings. The Balaban J connectivity index is 3.42. The summed E-state index contributed by atoms with van der Waals surface area (Å²) in [5.74, 6) is 0.836. The molecule has 0 aliphatic rings. The Kier molecular flexibility index (Phi) is 7.64. The van der Waals surface area contributed by atoms with Gasteiger partial charge in [0, 0.05) is 11.6 Å². The highest BCUT2D eigenvalue weighted by molar-refractivity contribution is 7.97. The highest BCUT2D eigenvalue weighted by Gasteiger charge is 2.09. The third-order valence-corrected chi connectivity index (χ3v) is 2.75. The summed E-state index contributed by atoms with van der Waals surface area (Å²) in [7, 11) is 0. The molecule has 1 atom stereocenters. The molecule has 0 rings (SSSR count). The minimum atomic E-state index is 0.145. The second kappa shape index (κ2) is 7.51. The predicted molar refractivity (Wildman–Crippen MR) is 64.3 cm³/mol. The maximum absolute atomic E-state index is 9.02. The van der Waals surface area contributed by atoms with Gasteiger partial charge in [0.1, 0.15) is 0 Å². The van der Waals surface area contributed by atoms with Crippen molar-refractivity contribution in [3.63, 3.8) is 0 Å². The predicted octanol–water partition coefficient (Wildman–Crippen LogP) is 1.73. The Morgan fingerprint density at radius 2 is 2.00 bits per heavy atom. The number of aliphatic hydroxyl groups is 1. The lowest BCUT2D eigenvalue weighted by Gasteiger charge is -2.21. The molecule has 86 valence electrons. The van der Waals surface area contributed by atoms with E-state index in [0.717, 1.165) is 18.7 Å². The second-order valence-electron chi connectivity index (χ2n) is 4.51. The van der Waals surface area contributed by atoms with Gasteiger partial charge in [0.2, 0.25) is 0 Å². The molecule has 0 saturated heterocycles.